The molecule has 2 fully saturated rings. The summed E-state index contributed by atoms with van der Waals surface area (Å²) in [7, 11) is 0. The van der Waals surface area contributed by atoms with Gasteiger partial charge in [-0.15, -0.1) is 0 Å². The molecular weight excluding hydrogens is 632 g/mol. The van der Waals surface area contributed by atoms with E-state index in [0.29, 0.717) is 32.5 Å². The quantitative estimate of drug-likeness (QED) is 0.137. The zero-order chi connectivity index (χ0) is 35.3. The predicted octanol–water partition coefficient (Wildman–Crippen LogP) is 11.4. The second-order valence-corrected chi connectivity index (χ2v) is 19.0. The molecule has 2 rings (SSSR count). The Morgan fingerprint density at radius 2 is 0.409 bits per heavy atom. The van der Waals surface area contributed by atoms with Gasteiger partial charge in [0, 0.05) is 34.1 Å². The summed E-state index contributed by atoms with van der Waals surface area (Å²) in [6.45, 7) is 61.7. The van der Waals surface area contributed by atoms with Crippen LogP contribution < -0.4 is 0 Å². The first-order valence-corrected chi connectivity index (χ1v) is 15.5. The fourth-order valence-electron chi connectivity index (χ4n) is 7.32. The van der Waals surface area contributed by atoms with Gasteiger partial charge in [0.15, 0.2) is 0 Å². The fraction of sp³-hybridized carbons (Fsp3) is 0.895. The average Bonchev–Trinajstić information content (AvgIpc) is 3.50. The van der Waals surface area contributed by atoms with E-state index in [2.05, 4.69) is 151 Å². The van der Waals surface area contributed by atoms with Crippen LogP contribution >= 0.6 is 0 Å². The SMILES string of the molecule is CC(C)(C)C1CC(C(C)(C)C)C(C(C)(C)C)C1.CC(C)(C)C1CC(C(C)(C)C)C(C(C)(C)C)C1.[C-]#[O+].[C-]#[O+].[C-]#[O+].[C-]#[O+].[Fe].[Fe]. The molecule has 4 nitrogen and oxygen atoms in total. The van der Waals surface area contributed by atoms with E-state index in [1.807, 2.05) is 0 Å². The van der Waals surface area contributed by atoms with E-state index in [-0.39, 0.29) is 34.1 Å². The van der Waals surface area contributed by atoms with Gasteiger partial charge in [0.1, 0.15) is 0 Å². The van der Waals surface area contributed by atoms with Gasteiger partial charge in [0.2, 0.25) is 0 Å². The zero-order valence-electron chi connectivity index (χ0n) is 31.6. The Hall–Kier alpha value is -0.00104. The molecule has 0 bridgehead atoms. The van der Waals surface area contributed by atoms with Crippen molar-refractivity contribution in [2.75, 3.05) is 0 Å². The maximum Gasteiger partial charge on any atom is 0 e. The van der Waals surface area contributed by atoms with Gasteiger partial charge in [0.05, 0.1) is 0 Å². The van der Waals surface area contributed by atoms with Crippen LogP contribution in [-0.2, 0) is 52.7 Å². The minimum absolute atomic E-state index is 0. The Kier molecular flexibility index (Phi) is 28.9. The summed E-state index contributed by atoms with van der Waals surface area (Å²) in [5, 5.41) is 0. The molecule has 0 aliphatic heterocycles. The number of hydrogen-bond donors (Lipinski definition) is 0. The minimum atomic E-state index is 0. The fourth-order valence-corrected chi connectivity index (χ4v) is 7.32. The van der Waals surface area contributed by atoms with E-state index >= 15 is 0 Å². The molecule has 0 amide bonds. The van der Waals surface area contributed by atoms with Crippen molar-refractivity contribution < 1.29 is 52.7 Å². The molecule has 6 heteroatoms. The van der Waals surface area contributed by atoms with Crippen molar-refractivity contribution in [3.8, 4) is 0 Å². The van der Waals surface area contributed by atoms with Crippen LogP contribution in [0.3, 0.4) is 0 Å². The van der Waals surface area contributed by atoms with E-state index in [4.69, 9.17) is 18.6 Å². The molecule has 0 spiro atoms. The predicted molar refractivity (Wildman–Crippen MR) is 172 cm³/mol. The van der Waals surface area contributed by atoms with Gasteiger partial charge >= 0.3 is 45.2 Å². The van der Waals surface area contributed by atoms with Crippen molar-refractivity contribution >= 4 is 0 Å². The van der Waals surface area contributed by atoms with Crippen LogP contribution in [0.25, 0.3) is 0 Å². The molecule has 44 heavy (non-hydrogen) atoms. The standard InChI is InChI=1S/2C17H34.4CO.2Fe/c2*1-15(2,3)12-10-13(16(4,5)6)14(11-12)17(7,8)9;4*1-2;;/h2*12-14H,10-11H2,1-9H3;;;;;;. The maximum atomic E-state index is 7.50. The van der Waals surface area contributed by atoms with Gasteiger partial charge in [-0.1, -0.05) is 125 Å². The molecule has 2 aliphatic rings. The molecule has 260 valence electrons. The topological polar surface area (TPSA) is 79.6 Å². The van der Waals surface area contributed by atoms with Gasteiger partial charge in [-0.25, -0.2) is 0 Å². The normalized spacial score (nSPS) is 24.9. The molecular formula is C38H68Fe2O4. The van der Waals surface area contributed by atoms with E-state index in [1.165, 1.54) is 25.7 Å². The van der Waals surface area contributed by atoms with Crippen molar-refractivity contribution in [1.82, 2.24) is 0 Å². The van der Waals surface area contributed by atoms with Crippen LogP contribution in [0.4, 0.5) is 0 Å². The zero-order valence-corrected chi connectivity index (χ0v) is 33.8. The summed E-state index contributed by atoms with van der Waals surface area (Å²) in [4.78, 5) is 0. The Balaban J connectivity index is -0.000000129. The monoisotopic (exact) mass is 700 g/mol. The van der Waals surface area contributed by atoms with Gasteiger partial charge in [0.25, 0.3) is 0 Å². The van der Waals surface area contributed by atoms with Gasteiger partial charge in [-0.2, -0.15) is 0 Å². The molecule has 0 N–H and O–H groups in total. The van der Waals surface area contributed by atoms with Crippen LogP contribution in [-0.4, -0.2) is 0 Å². The van der Waals surface area contributed by atoms with E-state index in [9.17, 15) is 0 Å². The molecule has 4 unspecified atom stereocenters. The third kappa shape index (κ3) is 19.6. The molecule has 2 aliphatic carbocycles. The van der Waals surface area contributed by atoms with Crippen molar-refractivity contribution in [3.63, 3.8) is 0 Å². The van der Waals surface area contributed by atoms with Crippen molar-refractivity contribution in [1.29, 1.82) is 0 Å². The van der Waals surface area contributed by atoms with Crippen LogP contribution in [0.1, 0.15) is 150 Å². The summed E-state index contributed by atoms with van der Waals surface area (Å²) in [5.74, 6) is 5.32. The number of rotatable bonds is 0. The molecule has 2 saturated carbocycles. The molecule has 0 radical (unpaired) electrons. The third-order valence-electron chi connectivity index (χ3n) is 10.0. The first-order valence-electron chi connectivity index (χ1n) is 15.5. The maximum absolute atomic E-state index is 7.50. The first-order chi connectivity index (χ1) is 18.7. The van der Waals surface area contributed by atoms with E-state index in [0.717, 1.165) is 35.5 Å². The summed E-state index contributed by atoms with van der Waals surface area (Å²) in [6, 6.07) is 0. The van der Waals surface area contributed by atoms with Gasteiger partial charge < -0.3 is 0 Å². The molecule has 0 saturated heterocycles. The molecule has 0 heterocycles. The van der Waals surface area contributed by atoms with Gasteiger partial charge in [-0.3, -0.25) is 0 Å². The Bertz CT molecular complexity index is 687. The second-order valence-electron chi connectivity index (χ2n) is 19.0. The Labute approximate surface area is 296 Å². The molecule has 4 atom stereocenters. The molecule has 0 aromatic carbocycles. The van der Waals surface area contributed by atoms with Crippen LogP contribution in [0.15, 0.2) is 0 Å². The van der Waals surface area contributed by atoms with Crippen molar-refractivity contribution in [3.05, 3.63) is 26.6 Å². The van der Waals surface area contributed by atoms with Crippen molar-refractivity contribution in [2.24, 2.45) is 68.0 Å². The van der Waals surface area contributed by atoms with E-state index in [1.54, 1.807) is 0 Å². The van der Waals surface area contributed by atoms with Crippen LogP contribution in [0, 0.1) is 94.6 Å². The first kappa shape index (κ1) is 56.3. The average molecular weight is 701 g/mol. The van der Waals surface area contributed by atoms with E-state index < -0.39 is 0 Å². The minimum Gasteiger partial charge on any atom is 0 e. The summed E-state index contributed by atoms with van der Waals surface area (Å²) < 4.78 is 30.0. The van der Waals surface area contributed by atoms with Crippen LogP contribution in [0.2, 0.25) is 0 Å². The number of hydrogen-bond acceptors (Lipinski definition) is 0. The van der Waals surface area contributed by atoms with Gasteiger partial charge in [-0.05, 0) is 93.7 Å². The second kappa shape index (κ2) is 22.5. The smallest absolute Gasteiger partial charge is 0 e. The summed E-state index contributed by atoms with van der Waals surface area (Å²) in [5.41, 5.74) is 2.78. The summed E-state index contributed by atoms with van der Waals surface area (Å²) in [6.07, 6.45) is 5.70. The van der Waals surface area contributed by atoms with Crippen molar-refractivity contribution in [2.45, 2.75) is 150 Å². The third-order valence-corrected chi connectivity index (χ3v) is 10.0. The Morgan fingerprint density at radius 1 is 0.295 bits per heavy atom. The largest absolute Gasteiger partial charge is 0 e. The molecule has 0 aromatic rings. The summed E-state index contributed by atoms with van der Waals surface area (Å²) >= 11 is 0. The van der Waals surface area contributed by atoms with Crippen LogP contribution in [0.5, 0.6) is 0 Å². The molecule has 0 aromatic heterocycles. The Morgan fingerprint density at radius 3 is 0.477 bits per heavy atom.